The molecule has 0 amide bonds. The smallest absolute Gasteiger partial charge is 0.303 e. The van der Waals surface area contributed by atoms with Gasteiger partial charge >= 0.3 is 5.97 Å². The highest BCUT2D eigenvalue weighted by Crippen LogP contribution is 2.10. The van der Waals surface area contributed by atoms with Crippen molar-refractivity contribution < 1.29 is 14.3 Å². The highest BCUT2D eigenvalue weighted by molar-refractivity contribution is 6.27. The standard InChI is InChI=1S/C6H6ClNO3/c7-6-8-3-4(11-6)1-2-5(9)10/h3H,1-2H2,(H,9,10). The second-order valence-corrected chi connectivity index (χ2v) is 2.30. The van der Waals surface area contributed by atoms with E-state index in [1.54, 1.807) is 0 Å². The maximum Gasteiger partial charge on any atom is 0.303 e. The number of aryl methyl sites for hydroxylation is 1. The van der Waals surface area contributed by atoms with Crippen LogP contribution in [0, 0.1) is 0 Å². The van der Waals surface area contributed by atoms with Crippen LogP contribution in [-0.4, -0.2) is 16.1 Å². The number of hydrogen-bond acceptors (Lipinski definition) is 3. The Balaban J connectivity index is 2.45. The summed E-state index contributed by atoms with van der Waals surface area (Å²) in [7, 11) is 0. The predicted molar refractivity (Wildman–Crippen MR) is 37.5 cm³/mol. The molecule has 0 aliphatic carbocycles. The summed E-state index contributed by atoms with van der Waals surface area (Å²) in [6.45, 7) is 0. The van der Waals surface area contributed by atoms with Crippen LogP contribution in [0.15, 0.2) is 10.6 Å². The summed E-state index contributed by atoms with van der Waals surface area (Å²) in [5.41, 5.74) is 0. The number of carbonyl (C=O) groups is 1. The van der Waals surface area contributed by atoms with Gasteiger partial charge in [-0.1, -0.05) is 0 Å². The fourth-order valence-corrected chi connectivity index (χ4v) is 0.777. The van der Waals surface area contributed by atoms with Crippen LogP contribution in [0.1, 0.15) is 12.2 Å². The van der Waals surface area contributed by atoms with Gasteiger partial charge in [0.2, 0.25) is 0 Å². The van der Waals surface area contributed by atoms with Crippen molar-refractivity contribution in [1.82, 2.24) is 4.98 Å². The molecular weight excluding hydrogens is 170 g/mol. The van der Waals surface area contributed by atoms with Crippen LogP contribution >= 0.6 is 11.6 Å². The fourth-order valence-electron chi connectivity index (χ4n) is 0.629. The lowest BCUT2D eigenvalue weighted by Gasteiger charge is -1.88. The molecular formula is C6H6ClNO3. The molecule has 4 nitrogen and oxygen atoms in total. The molecule has 5 heteroatoms. The molecule has 0 aromatic carbocycles. The van der Waals surface area contributed by atoms with Crippen LogP contribution in [0.3, 0.4) is 0 Å². The molecule has 1 aromatic rings. The number of aliphatic carboxylic acids is 1. The lowest BCUT2D eigenvalue weighted by molar-refractivity contribution is -0.137. The zero-order chi connectivity index (χ0) is 8.27. The van der Waals surface area contributed by atoms with Gasteiger partial charge in [-0.2, -0.15) is 0 Å². The first kappa shape index (κ1) is 8.07. The third kappa shape index (κ3) is 2.59. The SMILES string of the molecule is O=C(O)CCc1cnc(Cl)o1. The molecule has 1 N–H and O–H groups in total. The number of carboxylic acids is 1. The summed E-state index contributed by atoms with van der Waals surface area (Å²) in [5, 5.41) is 8.33. The molecule has 11 heavy (non-hydrogen) atoms. The van der Waals surface area contributed by atoms with Gasteiger partial charge < -0.3 is 9.52 Å². The van der Waals surface area contributed by atoms with Crippen molar-refractivity contribution in [3.63, 3.8) is 0 Å². The molecule has 0 aliphatic rings. The average molecular weight is 176 g/mol. The zero-order valence-corrected chi connectivity index (χ0v) is 6.34. The van der Waals surface area contributed by atoms with Gasteiger partial charge in [-0.15, -0.1) is 0 Å². The molecule has 0 bridgehead atoms. The quantitative estimate of drug-likeness (QED) is 0.753. The molecule has 0 atom stereocenters. The van der Waals surface area contributed by atoms with E-state index in [1.165, 1.54) is 6.20 Å². The molecule has 0 saturated heterocycles. The second kappa shape index (κ2) is 3.39. The van der Waals surface area contributed by atoms with Crippen molar-refractivity contribution >= 4 is 17.6 Å². The zero-order valence-electron chi connectivity index (χ0n) is 5.58. The van der Waals surface area contributed by atoms with Crippen LogP contribution in [0.5, 0.6) is 0 Å². The highest BCUT2D eigenvalue weighted by Gasteiger charge is 2.03. The topological polar surface area (TPSA) is 63.3 Å². The number of oxazole rings is 1. The fraction of sp³-hybridized carbons (Fsp3) is 0.333. The normalized spacial score (nSPS) is 9.91. The monoisotopic (exact) mass is 175 g/mol. The molecule has 0 unspecified atom stereocenters. The van der Waals surface area contributed by atoms with E-state index >= 15 is 0 Å². The summed E-state index contributed by atoms with van der Waals surface area (Å²) in [6, 6.07) is 0. The van der Waals surface area contributed by atoms with Crippen LogP contribution in [0.4, 0.5) is 0 Å². The van der Waals surface area contributed by atoms with Gasteiger partial charge in [0, 0.05) is 6.42 Å². The van der Waals surface area contributed by atoms with E-state index < -0.39 is 5.97 Å². The van der Waals surface area contributed by atoms with E-state index in [4.69, 9.17) is 21.1 Å². The Kier molecular flexibility index (Phi) is 2.48. The highest BCUT2D eigenvalue weighted by atomic mass is 35.5. The molecule has 0 radical (unpaired) electrons. The second-order valence-electron chi connectivity index (χ2n) is 1.97. The van der Waals surface area contributed by atoms with Crippen molar-refractivity contribution in [3.05, 3.63) is 17.3 Å². The van der Waals surface area contributed by atoms with Gasteiger partial charge in [0.25, 0.3) is 5.35 Å². The van der Waals surface area contributed by atoms with Gasteiger partial charge in [-0.25, -0.2) is 4.98 Å². The Labute approximate surface area is 67.8 Å². The van der Waals surface area contributed by atoms with E-state index in [2.05, 4.69) is 4.98 Å². The number of carboxylic acid groups (broad SMARTS) is 1. The molecule has 0 fully saturated rings. The number of halogens is 1. The number of rotatable bonds is 3. The summed E-state index contributed by atoms with van der Waals surface area (Å²) in [6.07, 6.45) is 1.78. The molecule has 0 aliphatic heterocycles. The number of aromatic nitrogens is 1. The van der Waals surface area contributed by atoms with Crippen LogP contribution in [-0.2, 0) is 11.2 Å². The molecule has 1 aromatic heterocycles. The van der Waals surface area contributed by atoms with Gasteiger partial charge in [-0.3, -0.25) is 4.79 Å². The Morgan fingerprint density at radius 3 is 3.00 bits per heavy atom. The largest absolute Gasteiger partial charge is 0.481 e. The van der Waals surface area contributed by atoms with Crippen molar-refractivity contribution in [2.75, 3.05) is 0 Å². The van der Waals surface area contributed by atoms with Crippen LogP contribution in [0.2, 0.25) is 5.35 Å². The van der Waals surface area contributed by atoms with Crippen LogP contribution < -0.4 is 0 Å². The summed E-state index contributed by atoms with van der Waals surface area (Å²) >= 11 is 5.35. The van der Waals surface area contributed by atoms with Crippen molar-refractivity contribution in [1.29, 1.82) is 0 Å². The molecule has 0 spiro atoms. The summed E-state index contributed by atoms with van der Waals surface area (Å²) < 4.78 is 4.82. The van der Waals surface area contributed by atoms with E-state index in [-0.39, 0.29) is 11.8 Å². The van der Waals surface area contributed by atoms with Gasteiger partial charge in [-0.05, 0) is 11.6 Å². The predicted octanol–water partition coefficient (Wildman–Crippen LogP) is 1.35. The lowest BCUT2D eigenvalue weighted by atomic mass is 10.3. The Bertz CT molecular complexity index is 258. The number of nitrogens with zero attached hydrogens (tertiary/aromatic N) is 1. The van der Waals surface area contributed by atoms with Gasteiger partial charge in [0.05, 0.1) is 12.6 Å². The van der Waals surface area contributed by atoms with E-state index in [0.29, 0.717) is 12.2 Å². The molecule has 1 heterocycles. The first-order valence-electron chi connectivity index (χ1n) is 3.00. The minimum absolute atomic E-state index is 0.0333. The first-order valence-corrected chi connectivity index (χ1v) is 3.38. The molecule has 0 saturated carbocycles. The van der Waals surface area contributed by atoms with Crippen molar-refractivity contribution in [3.8, 4) is 0 Å². The maximum absolute atomic E-state index is 10.1. The molecule has 60 valence electrons. The minimum atomic E-state index is -0.863. The van der Waals surface area contributed by atoms with Crippen molar-refractivity contribution in [2.24, 2.45) is 0 Å². The van der Waals surface area contributed by atoms with Crippen molar-refractivity contribution in [2.45, 2.75) is 12.8 Å². The average Bonchev–Trinajstić information content (AvgIpc) is 2.31. The van der Waals surface area contributed by atoms with E-state index in [1.807, 2.05) is 0 Å². The lowest BCUT2D eigenvalue weighted by Crippen LogP contribution is -1.96. The summed E-state index contributed by atoms with van der Waals surface area (Å²) in [5.74, 6) is -0.366. The van der Waals surface area contributed by atoms with E-state index in [0.717, 1.165) is 0 Å². The van der Waals surface area contributed by atoms with Gasteiger partial charge in [0.15, 0.2) is 0 Å². The Morgan fingerprint density at radius 1 is 1.82 bits per heavy atom. The third-order valence-electron chi connectivity index (χ3n) is 1.11. The first-order chi connectivity index (χ1) is 5.18. The molecule has 1 rings (SSSR count). The third-order valence-corrected chi connectivity index (χ3v) is 1.29. The minimum Gasteiger partial charge on any atom is -0.481 e. The Hall–Kier alpha value is -1.03. The Morgan fingerprint density at radius 2 is 2.55 bits per heavy atom. The summed E-state index contributed by atoms with van der Waals surface area (Å²) in [4.78, 5) is 13.7. The maximum atomic E-state index is 10.1. The van der Waals surface area contributed by atoms with Crippen LogP contribution in [0.25, 0.3) is 0 Å². The van der Waals surface area contributed by atoms with E-state index in [9.17, 15) is 4.79 Å². The number of hydrogen-bond donors (Lipinski definition) is 1. The van der Waals surface area contributed by atoms with Gasteiger partial charge in [0.1, 0.15) is 5.76 Å².